The molecule has 3 aliphatic rings. The quantitative estimate of drug-likeness (QED) is 0.485. The highest BCUT2D eigenvalue weighted by atomic mass is 32.3. The van der Waals surface area contributed by atoms with Crippen LogP contribution < -0.4 is 18.7 Å². The van der Waals surface area contributed by atoms with Crippen molar-refractivity contribution in [3.63, 3.8) is 0 Å². The number of thioether (sulfide) groups is 4. The van der Waals surface area contributed by atoms with Gasteiger partial charge in [-0.15, -0.1) is 57.5 Å². The van der Waals surface area contributed by atoms with Crippen LogP contribution in [0.2, 0.25) is 0 Å². The number of nitrogens with zero attached hydrogens (tertiary/aromatic N) is 1. The molecule has 2 nitrogen and oxygen atoms in total. The summed E-state index contributed by atoms with van der Waals surface area (Å²) in [4.78, 5) is 15.0. The molecule has 0 atom stereocenters. The van der Waals surface area contributed by atoms with Crippen LogP contribution in [-0.2, 0) is 0 Å². The standard InChI is InChI=1S/C19H17NOS7/c1-20(2)11-7-5-10(6-8-11)9-12-13(21)14-15(24-12)26-18(25-14)19-27-16(22-3)17(23-4)28-19/h5-9H,1-4H3/b12-9+. The van der Waals surface area contributed by atoms with Crippen LogP contribution in [0, 0.1) is 8.38 Å². The third kappa shape index (κ3) is 4.12. The predicted molar refractivity (Wildman–Crippen MR) is 138 cm³/mol. The minimum Gasteiger partial charge on any atom is -0.378 e. The van der Waals surface area contributed by atoms with Crippen LogP contribution in [0.3, 0.4) is 0 Å². The van der Waals surface area contributed by atoms with Crippen molar-refractivity contribution in [2.75, 3.05) is 31.5 Å². The molecular formula is C19H17NOS7. The summed E-state index contributed by atoms with van der Waals surface area (Å²) in [5.74, 6) is 0. The Kier molecular flexibility index (Phi) is 6.61. The van der Waals surface area contributed by atoms with Crippen LogP contribution in [0.1, 0.15) is 5.56 Å². The highest BCUT2D eigenvalue weighted by molar-refractivity contribution is 8.45. The molecule has 0 N–H and O–H groups in total. The van der Waals surface area contributed by atoms with Gasteiger partial charge in [-0.2, -0.15) is 0 Å². The first-order chi connectivity index (χ1) is 13.5. The zero-order chi connectivity index (χ0) is 19.8. The Hall–Kier alpha value is -0.290. The normalized spacial score (nSPS) is 15.3. The molecule has 0 amide bonds. The van der Waals surface area contributed by atoms with Crippen LogP contribution in [0.25, 0.3) is 10.3 Å². The number of rotatable bonds is 4. The maximum Gasteiger partial charge on any atom is 0.215 e. The molecule has 0 fully saturated rings. The Morgan fingerprint density at radius 3 is 2.07 bits per heavy atom. The Morgan fingerprint density at radius 2 is 1.54 bits per heavy atom. The van der Waals surface area contributed by atoms with Gasteiger partial charge in [0.25, 0.3) is 0 Å². The Labute approximate surface area is 192 Å². The predicted octanol–water partition coefficient (Wildman–Crippen LogP) is 5.25. The van der Waals surface area contributed by atoms with Crippen LogP contribution in [0.15, 0.2) is 37.5 Å². The Bertz CT molecular complexity index is 1260. The summed E-state index contributed by atoms with van der Waals surface area (Å²) in [7, 11) is 4.05. The first-order valence-corrected chi connectivity index (χ1v) is 14.8. The first-order valence-electron chi connectivity index (χ1n) is 8.24. The van der Waals surface area contributed by atoms with Crippen LogP contribution in [0.5, 0.6) is 0 Å². The molecule has 0 bridgehead atoms. The zero-order valence-electron chi connectivity index (χ0n) is 15.6. The minimum absolute atomic E-state index is 0.168. The van der Waals surface area contributed by atoms with E-state index < -0.39 is 0 Å². The maximum absolute atomic E-state index is 12.9. The topological polar surface area (TPSA) is 20.3 Å². The summed E-state index contributed by atoms with van der Waals surface area (Å²) >= 11 is 12.3. The van der Waals surface area contributed by atoms with Crippen molar-refractivity contribution in [3.05, 3.63) is 65.3 Å². The van der Waals surface area contributed by atoms with Gasteiger partial charge in [0, 0.05) is 19.8 Å². The SMILES string of the molecule is CSC1=C(SC)SC(=c2sc3s/c(=C/c4ccc(N(C)C)cc4)c(=O)c=3s2)S1. The molecule has 9 heteroatoms. The molecule has 0 saturated carbocycles. The summed E-state index contributed by atoms with van der Waals surface area (Å²) in [6, 6.07) is 8.30. The minimum atomic E-state index is 0.168. The first kappa shape index (κ1) is 21.0. The Morgan fingerprint density at radius 1 is 0.893 bits per heavy atom. The molecule has 0 aliphatic carbocycles. The average molecular weight is 500 g/mol. The molecule has 0 spiro atoms. The highest BCUT2D eigenvalue weighted by Gasteiger charge is 2.21. The fourth-order valence-electron chi connectivity index (χ4n) is 2.55. The maximum atomic E-state index is 12.9. The van der Waals surface area contributed by atoms with Gasteiger partial charge in [0.15, 0.2) is 0 Å². The zero-order valence-corrected chi connectivity index (χ0v) is 21.3. The summed E-state index contributed by atoms with van der Waals surface area (Å²) in [6.45, 7) is 0. The van der Waals surface area contributed by atoms with Crippen molar-refractivity contribution >= 4 is 97.1 Å². The summed E-state index contributed by atoms with van der Waals surface area (Å²) in [6.07, 6.45) is 6.26. The molecule has 3 heterocycles. The number of hydrogen-bond acceptors (Lipinski definition) is 9. The molecule has 0 saturated heterocycles. The lowest BCUT2D eigenvalue weighted by Gasteiger charge is -2.11. The van der Waals surface area contributed by atoms with E-state index in [9.17, 15) is 4.79 Å². The molecule has 3 aliphatic heterocycles. The van der Waals surface area contributed by atoms with E-state index in [1.54, 1.807) is 57.5 Å². The lowest BCUT2D eigenvalue weighted by molar-refractivity contribution is 1.13. The van der Waals surface area contributed by atoms with E-state index in [4.69, 9.17) is 0 Å². The lowest BCUT2D eigenvalue weighted by atomic mass is 10.2. The van der Waals surface area contributed by atoms with E-state index in [1.807, 2.05) is 43.7 Å². The van der Waals surface area contributed by atoms with Crippen molar-refractivity contribution in [2.24, 2.45) is 0 Å². The summed E-state index contributed by atoms with van der Waals surface area (Å²) in [5, 5.41) is 0. The van der Waals surface area contributed by atoms with E-state index in [2.05, 4.69) is 41.7 Å². The molecule has 0 radical (unpaired) electrons. The average Bonchev–Trinajstić information content (AvgIpc) is 3.37. The number of benzene rings is 1. The molecule has 4 rings (SSSR count). The third-order valence-corrected chi connectivity index (χ3v) is 13.7. The number of hydrogen-bond donors (Lipinski definition) is 0. The van der Waals surface area contributed by atoms with Crippen LogP contribution in [-0.4, -0.2) is 26.6 Å². The highest BCUT2D eigenvalue weighted by Crippen LogP contribution is 2.56. The van der Waals surface area contributed by atoms with Crippen LogP contribution >= 0.6 is 81.1 Å². The summed E-state index contributed by atoms with van der Waals surface area (Å²) in [5.41, 5.74) is 2.39. The van der Waals surface area contributed by atoms with Crippen molar-refractivity contribution in [2.45, 2.75) is 0 Å². The van der Waals surface area contributed by atoms with Gasteiger partial charge >= 0.3 is 0 Å². The van der Waals surface area contributed by atoms with E-state index in [0.29, 0.717) is 0 Å². The van der Waals surface area contributed by atoms with E-state index in [0.717, 1.165) is 24.2 Å². The second-order valence-electron chi connectivity index (χ2n) is 6.01. The number of anilines is 1. The van der Waals surface area contributed by atoms with Gasteiger partial charge in [-0.1, -0.05) is 35.7 Å². The second-order valence-corrected chi connectivity index (χ2v) is 14.1. The van der Waals surface area contributed by atoms with Crippen molar-refractivity contribution < 1.29 is 0 Å². The molecule has 1 aromatic rings. The summed E-state index contributed by atoms with van der Waals surface area (Å²) < 4.78 is 8.17. The van der Waals surface area contributed by atoms with Gasteiger partial charge in [-0.3, -0.25) is 4.79 Å². The van der Waals surface area contributed by atoms with Crippen molar-refractivity contribution in [3.8, 4) is 0 Å². The second kappa shape index (κ2) is 8.83. The van der Waals surface area contributed by atoms with E-state index in [-0.39, 0.29) is 5.43 Å². The third-order valence-electron chi connectivity index (χ3n) is 3.98. The van der Waals surface area contributed by atoms with Gasteiger partial charge in [0.2, 0.25) is 5.43 Å². The van der Waals surface area contributed by atoms with E-state index in [1.165, 1.54) is 16.6 Å². The molecular weight excluding hydrogens is 483 g/mol. The van der Waals surface area contributed by atoms with Crippen LogP contribution in [0.4, 0.5) is 5.69 Å². The smallest absolute Gasteiger partial charge is 0.215 e. The van der Waals surface area contributed by atoms with Gasteiger partial charge in [-0.25, -0.2) is 0 Å². The van der Waals surface area contributed by atoms with Gasteiger partial charge in [0.1, 0.15) is 12.2 Å². The lowest BCUT2D eigenvalue weighted by Crippen LogP contribution is -2.17. The van der Waals surface area contributed by atoms with Crippen molar-refractivity contribution in [1.82, 2.24) is 0 Å². The fraction of sp³-hybridized carbons (Fsp3) is 0.211. The van der Waals surface area contributed by atoms with Gasteiger partial charge < -0.3 is 4.90 Å². The fourth-order valence-corrected chi connectivity index (χ4v) is 12.0. The van der Waals surface area contributed by atoms with Gasteiger partial charge in [-0.05, 0) is 36.3 Å². The molecule has 28 heavy (non-hydrogen) atoms. The molecule has 0 unspecified atom stereocenters. The largest absolute Gasteiger partial charge is 0.378 e. The van der Waals surface area contributed by atoms with Crippen molar-refractivity contribution in [1.29, 1.82) is 0 Å². The molecule has 146 valence electrons. The molecule has 0 aromatic heterocycles. The monoisotopic (exact) mass is 499 g/mol. The van der Waals surface area contributed by atoms with E-state index >= 15 is 0 Å². The van der Waals surface area contributed by atoms with Gasteiger partial charge in [0.05, 0.1) is 17.2 Å². The Balaban J connectivity index is 1.72. The molecule has 1 aromatic carbocycles.